The lowest BCUT2D eigenvalue weighted by Gasteiger charge is -2.03. The summed E-state index contributed by atoms with van der Waals surface area (Å²) in [6.07, 6.45) is 2.06. The fourth-order valence-electron chi connectivity index (χ4n) is 1.92. The Morgan fingerprint density at radius 1 is 1.39 bits per heavy atom. The molecule has 0 atom stereocenters. The van der Waals surface area contributed by atoms with Gasteiger partial charge in [0.25, 0.3) is 0 Å². The van der Waals surface area contributed by atoms with Crippen LogP contribution in [0.5, 0.6) is 0 Å². The highest BCUT2D eigenvalue weighted by molar-refractivity contribution is 7.12. The molecule has 0 aliphatic heterocycles. The molecule has 0 bridgehead atoms. The molecule has 2 nitrogen and oxygen atoms in total. The first-order chi connectivity index (χ1) is 8.69. The lowest BCUT2D eigenvalue weighted by atomic mass is 10.1. The number of thiazole rings is 1. The maximum absolute atomic E-state index is 4.83. The van der Waals surface area contributed by atoms with E-state index < -0.39 is 0 Å². The van der Waals surface area contributed by atoms with E-state index in [1.165, 1.54) is 20.5 Å². The maximum atomic E-state index is 4.83. The molecule has 4 heteroatoms. The molecule has 0 saturated carbocycles. The quantitative estimate of drug-likeness (QED) is 0.872. The van der Waals surface area contributed by atoms with Gasteiger partial charge in [-0.15, -0.1) is 22.7 Å². The summed E-state index contributed by atoms with van der Waals surface area (Å²) < 4.78 is 0. The van der Waals surface area contributed by atoms with Crippen LogP contribution in [0.25, 0.3) is 0 Å². The van der Waals surface area contributed by atoms with Crippen LogP contribution in [0.3, 0.4) is 0 Å². The van der Waals surface area contributed by atoms with E-state index in [1.807, 2.05) is 29.7 Å². The second kappa shape index (κ2) is 6.45. The van der Waals surface area contributed by atoms with Crippen molar-refractivity contribution in [1.29, 1.82) is 0 Å². The van der Waals surface area contributed by atoms with Crippen LogP contribution in [-0.2, 0) is 19.4 Å². The van der Waals surface area contributed by atoms with Gasteiger partial charge in [-0.3, -0.25) is 0 Å². The Bertz CT molecular complexity index is 472. The van der Waals surface area contributed by atoms with Crippen molar-refractivity contribution in [2.24, 2.45) is 5.92 Å². The molecule has 1 N–H and O–H groups in total. The Morgan fingerprint density at radius 2 is 2.22 bits per heavy atom. The fourth-order valence-corrected chi connectivity index (χ4v) is 3.85. The van der Waals surface area contributed by atoms with Gasteiger partial charge in [0.15, 0.2) is 0 Å². The van der Waals surface area contributed by atoms with E-state index in [1.54, 1.807) is 0 Å². The summed E-state index contributed by atoms with van der Waals surface area (Å²) in [5.41, 5.74) is 1.29. The number of hydrogen-bond donors (Lipinski definition) is 1. The first kappa shape index (κ1) is 13.7. The number of hydrogen-bond acceptors (Lipinski definition) is 4. The van der Waals surface area contributed by atoms with Gasteiger partial charge in [0.2, 0.25) is 0 Å². The lowest BCUT2D eigenvalue weighted by Crippen LogP contribution is -2.07. The van der Waals surface area contributed by atoms with Gasteiger partial charge in [0, 0.05) is 22.7 Å². The van der Waals surface area contributed by atoms with Crippen molar-refractivity contribution in [1.82, 2.24) is 10.3 Å². The van der Waals surface area contributed by atoms with Crippen molar-refractivity contribution in [3.05, 3.63) is 38.0 Å². The molecule has 98 valence electrons. The molecule has 0 saturated heterocycles. The molecule has 2 heterocycles. The van der Waals surface area contributed by atoms with Gasteiger partial charge in [-0.2, -0.15) is 0 Å². The average molecular weight is 280 g/mol. The van der Waals surface area contributed by atoms with Crippen LogP contribution < -0.4 is 5.32 Å². The second-order valence-electron chi connectivity index (χ2n) is 4.86. The van der Waals surface area contributed by atoms with Gasteiger partial charge < -0.3 is 5.32 Å². The molecule has 2 aromatic rings. The number of rotatable bonds is 6. The summed E-state index contributed by atoms with van der Waals surface area (Å²) in [4.78, 5) is 7.63. The standard InChI is InChI=1S/C14H20N2S2/c1-10(2)7-12-13(9-15-3)18-14(16-12)8-11-5-4-6-17-11/h4-6,10,15H,7-9H2,1-3H3. The fraction of sp³-hybridized carbons (Fsp3) is 0.500. The molecule has 18 heavy (non-hydrogen) atoms. The van der Waals surface area contributed by atoms with Crippen molar-refractivity contribution >= 4 is 22.7 Å². The largest absolute Gasteiger partial charge is 0.315 e. The molecule has 2 aromatic heterocycles. The highest BCUT2D eigenvalue weighted by atomic mass is 32.1. The molecule has 0 radical (unpaired) electrons. The molecule has 0 unspecified atom stereocenters. The molecular weight excluding hydrogens is 260 g/mol. The predicted molar refractivity (Wildman–Crippen MR) is 80.5 cm³/mol. The Morgan fingerprint density at radius 3 is 2.83 bits per heavy atom. The molecular formula is C14H20N2S2. The van der Waals surface area contributed by atoms with Gasteiger partial charge in [0.05, 0.1) is 10.7 Å². The van der Waals surface area contributed by atoms with E-state index >= 15 is 0 Å². The zero-order valence-corrected chi connectivity index (χ0v) is 12.8. The molecule has 0 spiro atoms. The van der Waals surface area contributed by atoms with Crippen LogP contribution in [0.4, 0.5) is 0 Å². The zero-order chi connectivity index (χ0) is 13.0. The number of thiophene rings is 1. The first-order valence-corrected chi connectivity index (χ1v) is 8.03. The first-order valence-electron chi connectivity index (χ1n) is 6.33. The number of aromatic nitrogens is 1. The normalized spacial score (nSPS) is 11.3. The summed E-state index contributed by atoms with van der Waals surface area (Å²) in [6, 6.07) is 4.29. The van der Waals surface area contributed by atoms with E-state index in [9.17, 15) is 0 Å². The number of nitrogens with zero attached hydrogens (tertiary/aromatic N) is 1. The van der Waals surface area contributed by atoms with Crippen molar-refractivity contribution in [2.75, 3.05) is 7.05 Å². The minimum absolute atomic E-state index is 0.664. The predicted octanol–water partition coefficient (Wildman–Crippen LogP) is 3.71. The van der Waals surface area contributed by atoms with Crippen LogP contribution in [0.1, 0.15) is 34.3 Å². The highest BCUT2D eigenvalue weighted by Crippen LogP contribution is 2.24. The Labute approximate surface area is 117 Å². The minimum atomic E-state index is 0.664. The third kappa shape index (κ3) is 3.64. The third-order valence-electron chi connectivity index (χ3n) is 2.67. The summed E-state index contributed by atoms with van der Waals surface area (Å²) in [5, 5.41) is 6.62. The Balaban J connectivity index is 2.16. The maximum Gasteiger partial charge on any atom is 0.0983 e. The van der Waals surface area contributed by atoms with E-state index in [0.717, 1.165) is 19.4 Å². The molecule has 0 aliphatic rings. The molecule has 0 fully saturated rings. The van der Waals surface area contributed by atoms with Gasteiger partial charge in [-0.25, -0.2) is 4.98 Å². The van der Waals surface area contributed by atoms with Crippen molar-refractivity contribution in [3.63, 3.8) is 0 Å². The molecule has 0 aliphatic carbocycles. The van der Waals surface area contributed by atoms with E-state index in [4.69, 9.17) is 4.98 Å². The SMILES string of the molecule is CNCc1sc(Cc2cccs2)nc1CC(C)C. The topological polar surface area (TPSA) is 24.9 Å². The summed E-state index contributed by atoms with van der Waals surface area (Å²) in [6.45, 7) is 5.44. The second-order valence-corrected chi connectivity index (χ2v) is 7.06. The molecule has 0 aromatic carbocycles. The van der Waals surface area contributed by atoms with Gasteiger partial charge >= 0.3 is 0 Å². The van der Waals surface area contributed by atoms with E-state index in [2.05, 4.69) is 36.7 Å². The molecule has 2 rings (SSSR count). The van der Waals surface area contributed by atoms with Gasteiger partial charge in [-0.05, 0) is 30.8 Å². The van der Waals surface area contributed by atoms with Crippen LogP contribution >= 0.6 is 22.7 Å². The summed E-state index contributed by atoms with van der Waals surface area (Å²) in [5.74, 6) is 0.664. The van der Waals surface area contributed by atoms with Crippen molar-refractivity contribution in [2.45, 2.75) is 33.2 Å². The Kier molecular flexibility index (Phi) is 4.92. The third-order valence-corrected chi connectivity index (χ3v) is 4.64. The summed E-state index contributed by atoms with van der Waals surface area (Å²) in [7, 11) is 2.00. The van der Waals surface area contributed by atoms with Crippen LogP contribution in [0.2, 0.25) is 0 Å². The molecule has 0 amide bonds. The highest BCUT2D eigenvalue weighted by Gasteiger charge is 2.12. The zero-order valence-electron chi connectivity index (χ0n) is 11.2. The van der Waals surface area contributed by atoms with Crippen molar-refractivity contribution < 1.29 is 0 Å². The lowest BCUT2D eigenvalue weighted by molar-refractivity contribution is 0.629. The average Bonchev–Trinajstić information content (AvgIpc) is 2.90. The van der Waals surface area contributed by atoms with E-state index in [0.29, 0.717) is 5.92 Å². The van der Waals surface area contributed by atoms with Gasteiger partial charge in [0.1, 0.15) is 0 Å². The van der Waals surface area contributed by atoms with Crippen LogP contribution in [0.15, 0.2) is 17.5 Å². The smallest absolute Gasteiger partial charge is 0.0983 e. The monoisotopic (exact) mass is 280 g/mol. The van der Waals surface area contributed by atoms with Crippen LogP contribution in [0, 0.1) is 5.92 Å². The Hall–Kier alpha value is -0.710. The summed E-state index contributed by atoms with van der Waals surface area (Å²) >= 11 is 3.67. The van der Waals surface area contributed by atoms with Gasteiger partial charge in [-0.1, -0.05) is 19.9 Å². The van der Waals surface area contributed by atoms with Crippen LogP contribution in [-0.4, -0.2) is 12.0 Å². The van der Waals surface area contributed by atoms with E-state index in [-0.39, 0.29) is 0 Å². The minimum Gasteiger partial charge on any atom is -0.315 e. The number of nitrogens with one attached hydrogen (secondary N) is 1. The van der Waals surface area contributed by atoms with Crippen molar-refractivity contribution in [3.8, 4) is 0 Å².